The van der Waals surface area contributed by atoms with Crippen LogP contribution in [0.3, 0.4) is 0 Å². The second-order valence-electron chi connectivity index (χ2n) is 3.40. The lowest BCUT2D eigenvalue weighted by Crippen LogP contribution is -2.24. The summed E-state index contributed by atoms with van der Waals surface area (Å²) in [7, 11) is -3.02. The third-order valence-corrected chi connectivity index (χ3v) is 3.49. The zero-order valence-corrected chi connectivity index (χ0v) is 11.3. The average Bonchev–Trinajstić information content (AvgIpc) is 2.26. The van der Waals surface area contributed by atoms with Crippen molar-refractivity contribution in [1.29, 1.82) is 0 Å². The summed E-state index contributed by atoms with van der Waals surface area (Å²) >= 11 is 5.68. The minimum Gasteiger partial charge on any atom is -0.478 e. The summed E-state index contributed by atoms with van der Waals surface area (Å²) in [6, 6.07) is 3.91. The number of sulfonamides is 1. The Hall–Kier alpha value is -1.80. The van der Waals surface area contributed by atoms with Crippen LogP contribution in [0.5, 0.6) is 0 Å². The Morgan fingerprint density at radius 2 is 2.05 bits per heavy atom. The quantitative estimate of drug-likeness (QED) is 0.784. The zero-order chi connectivity index (χ0) is 14.6. The van der Waals surface area contributed by atoms with Crippen LogP contribution in [-0.2, 0) is 19.6 Å². The topological polar surface area (TPSA) is 110 Å². The number of nitrogens with one attached hydrogen (secondary N) is 1. The summed E-state index contributed by atoms with van der Waals surface area (Å²) in [6.07, 6.45) is 0. The molecule has 0 saturated heterocycles. The fraction of sp³-hybridized carbons (Fsp3) is 0.200. The molecule has 0 fully saturated rings. The normalized spacial score (nSPS) is 10.8. The highest BCUT2D eigenvalue weighted by Gasteiger charge is 2.21. The maximum atomic E-state index is 11.6. The molecule has 0 atom stereocenters. The Morgan fingerprint density at radius 1 is 1.42 bits per heavy atom. The minimum atomic E-state index is -4.07. The van der Waals surface area contributed by atoms with Crippen LogP contribution in [0.4, 0.5) is 5.69 Å². The number of anilines is 1. The predicted octanol–water partition coefficient (Wildman–Crippen LogP) is 0.953. The van der Waals surface area contributed by atoms with E-state index in [0.717, 1.165) is 7.11 Å². The van der Waals surface area contributed by atoms with Crippen molar-refractivity contribution in [2.75, 3.05) is 17.6 Å². The Balaban J connectivity index is 3.10. The van der Waals surface area contributed by atoms with Gasteiger partial charge in [0, 0.05) is 0 Å². The van der Waals surface area contributed by atoms with Gasteiger partial charge in [-0.25, -0.2) is 13.2 Å². The van der Waals surface area contributed by atoms with Crippen molar-refractivity contribution in [3.8, 4) is 0 Å². The molecule has 1 aromatic carbocycles. The monoisotopic (exact) mass is 307 g/mol. The van der Waals surface area contributed by atoms with Crippen LogP contribution in [-0.4, -0.2) is 38.3 Å². The van der Waals surface area contributed by atoms with E-state index in [1.165, 1.54) is 18.2 Å². The Bertz CT molecular complexity index is 612. The molecule has 0 aliphatic heterocycles. The number of carbonyl (C=O) groups excluding carboxylic acids is 1. The first-order valence-corrected chi connectivity index (χ1v) is 6.89. The van der Waals surface area contributed by atoms with Gasteiger partial charge in [0.25, 0.3) is 0 Å². The van der Waals surface area contributed by atoms with Crippen LogP contribution in [0.25, 0.3) is 0 Å². The molecule has 104 valence electrons. The van der Waals surface area contributed by atoms with Gasteiger partial charge in [-0.2, -0.15) is 0 Å². The van der Waals surface area contributed by atoms with E-state index in [4.69, 9.17) is 16.7 Å². The number of methoxy groups -OCH3 is 1. The van der Waals surface area contributed by atoms with Crippen LogP contribution in [0.2, 0.25) is 5.02 Å². The maximum Gasteiger partial charge on any atom is 0.339 e. The van der Waals surface area contributed by atoms with E-state index in [1.54, 1.807) is 0 Å². The summed E-state index contributed by atoms with van der Waals surface area (Å²) in [5.41, 5.74) is -0.610. The van der Waals surface area contributed by atoms with E-state index in [0.29, 0.717) is 0 Å². The molecule has 0 unspecified atom stereocenters. The van der Waals surface area contributed by atoms with Crippen LogP contribution in [0, 0.1) is 0 Å². The largest absolute Gasteiger partial charge is 0.478 e. The van der Waals surface area contributed by atoms with Crippen molar-refractivity contribution in [2.45, 2.75) is 0 Å². The lowest BCUT2D eigenvalue weighted by Gasteiger charge is -2.10. The first-order chi connectivity index (χ1) is 8.76. The highest BCUT2D eigenvalue weighted by molar-refractivity contribution is 7.93. The van der Waals surface area contributed by atoms with Gasteiger partial charge in [-0.1, -0.05) is 17.7 Å². The number of hydrogen-bond acceptors (Lipinski definition) is 5. The summed E-state index contributed by atoms with van der Waals surface area (Å²) < 4.78 is 29.4. The molecule has 0 aliphatic rings. The van der Waals surface area contributed by atoms with Gasteiger partial charge in [0.1, 0.15) is 5.56 Å². The number of hydrogen-bond donors (Lipinski definition) is 2. The lowest BCUT2D eigenvalue weighted by molar-refractivity contribution is -0.137. The van der Waals surface area contributed by atoms with E-state index in [2.05, 4.69) is 4.74 Å². The molecular weight excluding hydrogens is 298 g/mol. The highest BCUT2D eigenvalue weighted by Crippen LogP contribution is 2.25. The third-order valence-electron chi connectivity index (χ3n) is 2.03. The summed E-state index contributed by atoms with van der Waals surface area (Å²) in [4.78, 5) is 21.9. The van der Waals surface area contributed by atoms with Gasteiger partial charge in [0.15, 0.2) is 5.75 Å². The number of esters is 1. The zero-order valence-electron chi connectivity index (χ0n) is 9.71. The first-order valence-electron chi connectivity index (χ1n) is 4.86. The summed E-state index contributed by atoms with van der Waals surface area (Å²) in [6.45, 7) is 0. The molecule has 1 rings (SSSR count). The maximum absolute atomic E-state index is 11.6. The third kappa shape index (κ3) is 4.11. The average molecular weight is 308 g/mol. The van der Waals surface area contributed by atoms with Gasteiger partial charge in [0.2, 0.25) is 10.0 Å². The SMILES string of the molecule is COC(=O)CS(=O)(=O)Nc1cccc(Cl)c1C(=O)O. The molecule has 1 aromatic rings. The van der Waals surface area contributed by atoms with Gasteiger partial charge in [-0.15, -0.1) is 0 Å². The molecule has 0 spiro atoms. The fourth-order valence-corrected chi connectivity index (χ4v) is 2.51. The van der Waals surface area contributed by atoms with Crippen LogP contribution in [0.1, 0.15) is 10.4 Å². The van der Waals surface area contributed by atoms with Gasteiger partial charge in [-0.3, -0.25) is 9.52 Å². The molecular formula is C10H10ClNO6S. The second-order valence-corrected chi connectivity index (χ2v) is 5.53. The predicted molar refractivity (Wildman–Crippen MR) is 67.8 cm³/mol. The standard InChI is InChI=1S/C10H10ClNO6S/c1-18-8(13)5-19(16,17)12-7-4-2-3-6(11)9(7)10(14)15/h2-4,12H,5H2,1H3,(H,14,15). The van der Waals surface area contributed by atoms with E-state index in [1.807, 2.05) is 4.72 Å². The smallest absolute Gasteiger partial charge is 0.339 e. The van der Waals surface area contributed by atoms with E-state index in [9.17, 15) is 18.0 Å². The Labute approximate surface area is 114 Å². The molecule has 0 radical (unpaired) electrons. The highest BCUT2D eigenvalue weighted by atomic mass is 35.5. The molecule has 9 heteroatoms. The number of carboxylic acid groups (broad SMARTS) is 1. The summed E-state index contributed by atoms with van der Waals surface area (Å²) in [5.74, 6) is -3.28. The van der Waals surface area contributed by atoms with Crippen molar-refractivity contribution < 1.29 is 27.9 Å². The van der Waals surface area contributed by atoms with Crippen LogP contribution in [0.15, 0.2) is 18.2 Å². The number of benzene rings is 1. The molecule has 0 bridgehead atoms. The number of ether oxygens (including phenoxy) is 1. The van der Waals surface area contributed by atoms with Crippen molar-refractivity contribution in [3.63, 3.8) is 0 Å². The first kappa shape index (κ1) is 15.3. The molecule has 2 N–H and O–H groups in total. The second kappa shape index (κ2) is 5.89. The van der Waals surface area contributed by atoms with E-state index < -0.39 is 33.3 Å². The number of carbonyl (C=O) groups is 2. The number of carboxylic acids is 1. The van der Waals surface area contributed by atoms with Crippen molar-refractivity contribution >= 4 is 39.3 Å². The Kier molecular flexibility index (Phi) is 4.73. The molecule has 0 aromatic heterocycles. The molecule has 0 aliphatic carbocycles. The van der Waals surface area contributed by atoms with Crippen molar-refractivity contribution in [3.05, 3.63) is 28.8 Å². The van der Waals surface area contributed by atoms with E-state index in [-0.39, 0.29) is 10.7 Å². The molecule has 19 heavy (non-hydrogen) atoms. The van der Waals surface area contributed by atoms with Crippen molar-refractivity contribution in [2.24, 2.45) is 0 Å². The lowest BCUT2D eigenvalue weighted by atomic mass is 10.2. The minimum absolute atomic E-state index is 0.120. The van der Waals surface area contributed by atoms with Gasteiger partial charge < -0.3 is 9.84 Å². The van der Waals surface area contributed by atoms with Gasteiger partial charge in [-0.05, 0) is 12.1 Å². The molecule has 0 saturated carbocycles. The van der Waals surface area contributed by atoms with Gasteiger partial charge >= 0.3 is 11.9 Å². The van der Waals surface area contributed by atoms with Crippen LogP contribution < -0.4 is 4.72 Å². The van der Waals surface area contributed by atoms with E-state index >= 15 is 0 Å². The molecule has 0 heterocycles. The molecule has 0 amide bonds. The molecule has 7 nitrogen and oxygen atoms in total. The number of aromatic carboxylic acids is 1. The van der Waals surface area contributed by atoms with Crippen molar-refractivity contribution in [1.82, 2.24) is 0 Å². The summed E-state index contributed by atoms with van der Waals surface area (Å²) in [5, 5.41) is 8.84. The Morgan fingerprint density at radius 3 is 2.58 bits per heavy atom. The number of halogens is 1. The number of rotatable bonds is 5. The fourth-order valence-electron chi connectivity index (χ4n) is 1.24. The van der Waals surface area contributed by atoms with Gasteiger partial charge in [0.05, 0.1) is 17.8 Å². The van der Waals surface area contributed by atoms with Crippen LogP contribution >= 0.6 is 11.6 Å².